The molecule has 4 amide bonds. The zero-order chi connectivity index (χ0) is 23.9. The monoisotopic (exact) mass is 469 g/mol. The van der Waals surface area contributed by atoms with Crippen molar-refractivity contribution in [3.05, 3.63) is 65.7 Å². The Labute approximate surface area is 193 Å². The third kappa shape index (κ3) is 4.25. The van der Waals surface area contributed by atoms with E-state index in [4.69, 9.17) is 0 Å². The van der Waals surface area contributed by atoms with Crippen molar-refractivity contribution in [1.82, 2.24) is 15.5 Å². The van der Waals surface area contributed by atoms with Crippen LogP contribution >= 0.6 is 0 Å². The minimum atomic E-state index is -3.39. The van der Waals surface area contributed by atoms with Gasteiger partial charge in [-0.1, -0.05) is 48.9 Å². The molecule has 2 aliphatic rings. The van der Waals surface area contributed by atoms with Crippen LogP contribution in [0.15, 0.2) is 59.5 Å². The quantitative estimate of drug-likeness (QED) is 0.603. The molecule has 9 heteroatoms. The summed E-state index contributed by atoms with van der Waals surface area (Å²) in [7, 11) is -3.39. The molecule has 33 heavy (non-hydrogen) atoms. The molecule has 0 aromatic heterocycles. The van der Waals surface area contributed by atoms with E-state index in [0.29, 0.717) is 12.1 Å². The lowest BCUT2D eigenvalue weighted by Crippen LogP contribution is -2.49. The standard InChI is InChI=1S/C24H27N3O5S/c1-23(17-9-11-19(12-10-17)33(2,31)32)21(29)27(22(30)26-23)15-20(28)25-16-24(13-6-14-24)18-7-4-3-5-8-18/h3-5,7-12H,6,13-16H2,1-2H3,(H,25,28)(H,26,30). The van der Waals surface area contributed by atoms with Crippen LogP contribution in [-0.4, -0.2) is 50.5 Å². The summed E-state index contributed by atoms with van der Waals surface area (Å²) < 4.78 is 23.4. The molecule has 4 rings (SSSR count). The lowest BCUT2D eigenvalue weighted by atomic mass is 9.64. The summed E-state index contributed by atoms with van der Waals surface area (Å²) in [6.45, 7) is 1.61. The van der Waals surface area contributed by atoms with Crippen molar-refractivity contribution in [1.29, 1.82) is 0 Å². The van der Waals surface area contributed by atoms with Crippen LogP contribution in [0.4, 0.5) is 4.79 Å². The number of imide groups is 1. The minimum Gasteiger partial charge on any atom is -0.354 e. The molecule has 2 aromatic carbocycles. The summed E-state index contributed by atoms with van der Waals surface area (Å²) >= 11 is 0. The summed E-state index contributed by atoms with van der Waals surface area (Å²) in [4.78, 5) is 39.3. The fourth-order valence-corrected chi connectivity index (χ4v) is 5.13. The van der Waals surface area contributed by atoms with Crippen LogP contribution < -0.4 is 10.6 Å². The second-order valence-corrected chi connectivity index (χ2v) is 11.0. The predicted molar refractivity (Wildman–Crippen MR) is 122 cm³/mol. The molecule has 0 bridgehead atoms. The molecule has 174 valence electrons. The number of hydrogen-bond acceptors (Lipinski definition) is 5. The van der Waals surface area contributed by atoms with Gasteiger partial charge >= 0.3 is 6.03 Å². The Morgan fingerprint density at radius 1 is 1.03 bits per heavy atom. The lowest BCUT2D eigenvalue weighted by molar-refractivity contribution is -0.134. The first-order chi connectivity index (χ1) is 15.6. The molecule has 2 fully saturated rings. The Hall–Kier alpha value is -3.20. The highest BCUT2D eigenvalue weighted by atomic mass is 32.2. The van der Waals surface area contributed by atoms with Gasteiger partial charge in [-0.05, 0) is 43.0 Å². The van der Waals surface area contributed by atoms with Gasteiger partial charge in [-0.2, -0.15) is 0 Å². The molecule has 1 heterocycles. The van der Waals surface area contributed by atoms with Gasteiger partial charge in [-0.25, -0.2) is 13.2 Å². The Morgan fingerprint density at radius 2 is 1.67 bits per heavy atom. The van der Waals surface area contributed by atoms with Crippen molar-refractivity contribution in [3.63, 3.8) is 0 Å². The maximum absolute atomic E-state index is 13.1. The summed E-state index contributed by atoms with van der Waals surface area (Å²) in [5, 5.41) is 5.54. The van der Waals surface area contributed by atoms with Crippen molar-refractivity contribution in [2.75, 3.05) is 19.3 Å². The third-order valence-electron chi connectivity index (χ3n) is 6.76. The molecule has 1 saturated heterocycles. The van der Waals surface area contributed by atoms with Crippen LogP contribution in [-0.2, 0) is 30.4 Å². The molecule has 8 nitrogen and oxygen atoms in total. The number of hydrogen-bond donors (Lipinski definition) is 2. The Balaban J connectivity index is 1.43. The van der Waals surface area contributed by atoms with Gasteiger partial charge in [0.25, 0.3) is 5.91 Å². The zero-order valence-corrected chi connectivity index (χ0v) is 19.4. The second kappa shape index (κ2) is 8.30. The molecule has 1 aliphatic carbocycles. The number of nitrogens with one attached hydrogen (secondary N) is 2. The summed E-state index contributed by atoms with van der Waals surface area (Å²) in [6.07, 6.45) is 4.14. The number of rotatable bonds is 7. The van der Waals surface area contributed by atoms with E-state index in [9.17, 15) is 22.8 Å². The van der Waals surface area contributed by atoms with E-state index in [1.165, 1.54) is 29.8 Å². The normalized spacial score (nSPS) is 21.9. The fraction of sp³-hybridized carbons (Fsp3) is 0.375. The average molecular weight is 470 g/mol. The van der Waals surface area contributed by atoms with Crippen molar-refractivity contribution in [3.8, 4) is 0 Å². The van der Waals surface area contributed by atoms with Gasteiger partial charge in [0, 0.05) is 18.2 Å². The molecule has 2 N–H and O–H groups in total. The SMILES string of the molecule is CC1(c2ccc(S(C)(=O)=O)cc2)NC(=O)N(CC(=O)NCC2(c3ccccc3)CCC2)C1=O. The molecule has 1 atom stereocenters. The second-order valence-electron chi connectivity index (χ2n) is 9.02. The van der Waals surface area contributed by atoms with E-state index < -0.39 is 33.2 Å². The number of amides is 4. The first-order valence-electron chi connectivity index (χ1n) is 10.8. The minimum absolute atomic E-state index is 0.107. The molecule has 1 unspecified atom stereocenters. The van der Waals surface area contributed by atoms with E-state index >= 15 is 0 Å². The van der Waals surface area contributed by atoms with Crippen molar-refractivity contribution < 1.29 is 22.8 Å². The maximum Gasteiger partial charge on any atom is 0.325 e. The number of urea groups is 1. The number of carbonyl (C=O) groups excluding carboxylic acids is 3. The highest BCUT2D eigenvalue weighted by molar-refractivity contribution is 7.90. The third-order valence-corrected chi connectivity index (χ3v) is 7.89. The van der Waals surface area contributed by atoms with E-state index in [2.05, 4.69) is 22.8 Å². The smallest absolute Gasteiger partial charge is 0.325 e. The van der Waals surface area contributed by atoms with Crippen molar-refractivity contribution in [2.45, 2.75) is 42.0 Å². The zero-order valence-electron chi connectivity index (χ0n) is 18.6. The van der Waals surface area contributed by atoms with Gasteiger partial charge < -0.3 is 10.6 Å². The number of benzene rings is 2. The Morgan fingerprint density at radius 3 is 2.21 bits per heavy atom. The van der Waals surface area contributed by atoms with Crippen molar-refractivity contribution in [2.24, 2.45) is 0 Å². The van der Waals surface area contributed by atoms with Crippen LogP contribution in [0.2, 0.25) is 0 Å². The predicted octanol–water partition coefficient (Wildman–Crippen LogP) is 2.10. The van der Waals surface area contributed by atoms with Crippen LogP contribution in [0.25, 0.3) is 0 Å². The van der Waals surface area contributed by atoms with Crippen LogP contribution in [0.5, 0.6) is 0 Å². The summed E-state index contributed by atoms with van der Waals surface area (Å²) in [5.41, 5.74) is 0.127. The molecular weight excluding hydrogens is 442 g/mol. The van der Waals surface area contributed by atoms with E-state index in [0.717, 1.165) is 30.4 Å². The Bertz CT molecular complexity index is 1190. The van der Waals surface area contributed by atoms with Crippen LogP contribution in [0.1, 0.15) is 37.3 Å². The molecule has 1 aliphatic heterocycles. The molecule has 1 saturated carbocycles. The van der Waals surface area contributed by atoms with Crippen LogP contribution in [0.3, 0.4) is 0 Å². The first kappa shape index (κ1) is 23.0. The van der Waals surface area contributed by atoms with Crippen molar-refractivity contribution >= 4 is 27.7 Å². The number of carbonyl (C=O) groups is 3. The van der Waals surface area contributed by atoms with E-state index in [1.54, 1.807) is 6.92 Å². The summed E-state index contributed by atoms with van der Waals surface area (Å²) in [6, 6.07) is 15.2. The first-order valence-corrected chi connectivity index (χ1v) is 12.7. The van der Waals surface area contributed by atoms with E-state index in [-0.39, 0.29) is 16.9 Å². The number of nitrogens with zero attached hydrogens (tertiary/aromatic N) is 1. The molecule has 0 radical (unpaired) electrons. The largest absolute Gasteiger partial charge is 0.354 e. The lowest BCUT2D eigenvalue weighted by Gasteiger charge is -2.42. The van der Waals surface area contributed by atoms with Crippen LogP contribution in [0, 0.1) is 0 Å². The molecular formula is C24H27N3O5S. The average Bonchev–Trinajstić information content (AvgIpc) is 2.97. The van der Waals surface area contributed by atoms with Gasteiger partial charge in [-0.15, -0.1) is 0 Å². The molecule has 2 aromatic rings. The van der Waals surface area contributed by atoms with E-state index in [1.807, 2.05) is 18.2 Å². The van der Waals surface area contributed by atoms with Gasteiger partial charge in [0.15, 0.2) is 9.84 Å². The van der Waals surface area contributed by atoms with Gasteiger partial charge in [0.2, 0.25) is 5.91 Å². The molecule has 0 spiro atoms. The maximum atomic E-state index is 13.1. The summed E-state index contributed by atoms with van der Waals surface area (Å²) in [5.74, 6) is -0.964. The fourth-order valence-electron chi connectivity index (χ4n) is 4.50. The Kier molecular flexibility index (Phi) is 5.78. The van der Waals surface area contributed by atoms with Gasteiger partial charge in [0.1, 0.15) is 12.1 Å². The highest BCUT2D eigenvalue weighted by Crippen LogP contribution is 2.43. The topological polar surface area (TPSA) is 113 Å². The van der Waals surface area contributed by atoms with Gasteiger partial charge in [0.05, 0.1) is 4.90 Å². The van der Waals surface area contributed by atoms with Gasteiger partial charge in [-0.3, -0.25) is 14.5 Å². The highest BCUT2D eigenvalue weighted by Gasteiger charge is 2.49. The number of sulfone groups is 1.